The molecule has 3 N–H and O–H groups in total. The number of anilines is 1. The van der Waals surface area contributed by atoms with E-state index in [0.29, 0.717) is 5.82 Å². The van der Waals surface area contributed by atoms with E-state index in [0.717, 1.165) is 41.7 Å². The number of aromatic nitrogens is 2. The summed E-state index contributed by atoms with van der Waals surface area (Å²) in [7, 11) is 1.66. The van der Waals surface area contributed by atoms with Crippen LogP contribution in [0.15, 0.2) is 24.5 Å². The van der Waals surface area contributed by atoms with E-state index in [4.69, 9.17) is 10.5 Å². The van der Waals surface area contributed by atoms with Crippen LogP contribution in [0, 0.1) is 0 Å². The Morgan fingerprint density at radius 1 is 1.32 bits per heavy atom. The van der Waals surface area contributed by atoms with Gasteiger partial charge in [-0.3, -0.25) is 0 Å². The second-order valence-electron chi connectivity index (χ2n) is 4.48. The molecule has 2 aromatic rings. The molecular formula is C14H16N4O. The third-order valence-corrected chi connectivity index (χ3v) is 3.40. The Balaban J connectivity index is 2.25. The Kier molecular flexibility index (Phi) is 3.05. The zero-order chi connectivity index (χ0) is 13.2. The standard InChI is InChI=1S/C14H16N4O/c1-19-13-10(9-4-6-16-7-5-9)2-3-11-12(13)14(15)18-8-17-11/h2-4,8,16H,5-7H2,1H3,(H2,15,17,18). The van der Waals surface area contributed by atoms with E-state index in [2.05, 4.69) is 21.4 Å². The van der Waals surface area contributed by atoms with Gasteiger partial charge in [0.15, 0.2) is 0 Å². The Bertz CT molecular complexity index is 651. The van der Waals surface area contributed by atoms with Crippen LogP contribution in [-0.4, -0.2) is 30.2 Å². The molecule has 0 amide bonds. The molecule has 0 aliphatic carbocycles. The zero-order valence-electron chi connectivity index (χ0n) is 10.8. The molecule has 0 saturated carbocycles. The van der Waals surface area contributed by atoms with Crippen LogP contribution in [0.3, 0.4) is 0 Å². The summed E-state index contributed by atoms with van der Waals surface area (Å²) in [6, 6.07) is 4.01. The van der Waals surface area contributed by atoms with Crippen molar-refractivity contribution in [3.05, 3.63) is 30.1 Å². The monoisotopic (exact) mass is 256 g/mol. The van der Waals surface area contributed by atoms with Crippen molar-refractivity contribution in [1.82, 2.24) is 15.3 Å². The van der Waals surface area contributed by atoms with Gasteiger partial charge in [0.1, 0.15) is 17.9 Å². The molecule has 98 valence electrons. The van der Waals surface area contributed by atoms with Crippen molar-refractivity contribution >= 4 is 22.3 Å². The predicted octanol–water partition coefficient (Wildman–Crippen LogP) is 1.60. The summed E-state index contributed by atoms with van der Waals surface area (Å²) in [6.07, 6.45) is 4.64. The number of rotatable bonds is 2. The molecule has 1 aromatic carbocycles. The van der Waals surface area contributed by atoms with Gasteiger partial charge < -0.3 is 15.8 Å². The first-order valence-corrected chi connectivity index (χ1v) is 6.28. The van der Waals surface area contributed by atoms with Crippen LogP contribution in [0.1, 0.15) is 12.0 Å². The minimum absolute atomic E-state index is 0.457. The molecule has 19 heavy (non-hydrogen) atoms. The van der Waals surface area contributed by atoms with E-state index >= 15 is 0 Å². The van der Waals surface area contributed by atoms with Gasteiger partial charge in [0, 0.05) is 12.1 Å². The van der Waals surface area contributed by atoms with Crippen molar-refractivity contribution in [2.75, 3.05) is 25.9 Å². The van der Waals surface area contributed by atoms with E-state index in [1.807, 2.05) is 12.1 Å². The third kappa shape index (κ3) is 2.02. The van der Waals surface area contributed by atoms with Gasteiger partial charge in [-0.1, -0.05) is 6.08 Å². The van der Waals surface area contributed by atoms with E-state index in [-0.39, 0.29) is 0 Å². The summed E-state index contributed by atoms with van der Waals surface area (Å²) in [4.78, 5) is 8.29. The molecule has 3 rings (SSSR count). The van der Waals surface area contributed by atoms with Gasteiger partial charge in [0.25, 0.3) is 0 Å². The van der Waals surface area contributed by atoms with Crippen molar-refractivity contribution in [1.29, 1.82) is 0 Å². The largest absolute Gasteiger partial charge is 0.495 e. The summed E-state index contributed by atoms with van der Waals surface area (Å²) in [6.45, 7) is 1.87. The maximum atomic E-state index is 5.97. The molecule has 0 saturated heterocycles. The summed E-state index contributed by atoms with van der Waals surface area (Å²) in [5.41, 5.74) is 9.14. The van der Waals surface area contributed by atoms with Crippen LogP contribution < -0.4 is 15.8 Å². The van der Waals surface area contributed by atoms with E-state index < -0.39 is 0 Å². The van der Waals surface area contributed by atoms with Crippen LogP contribution in [0.2, 0.25) is 0 Å². The number of nitrogen functional groups attached to an aromatic ring is 1. The maximum absolute atomic E-state index is 5.97. The Labute approximate surface area is 111 Å². The van der Waals surface area contributed by atoms with Gasteiger partial charge >= 0.3 is 0 Å². The number of nitrogens with two attached hydrogens (primary N) is 1. The molecule has 0 fully saturated rings. The number of fused-ring (bicyclic) bond motifs is 1. The highest BCUT2D eigenvalue weighted by atomic mass is 16.5. The lowest BCUT2D eigenvalue weighted by atomic mass is 9.97. The minimum atomic E-state index is 0.457. The van der Waals surface area contributed by atoms with Gasteiger partial charge in [0.2, 0.25) is 0 Å². The van der Waals surface area contributed by atoms with Crippen molar-refractivity contribution in [2.45, 2.75) is 6.42 Å². The minimum Gasteiger partial charge on any atom is -0.495 e. The first-order valence-electron chi connectivity index (χ1n) is 6.28. The molecule has 0 spiro atoms. The lowest BCUT2D eigenvalue weighted by molar-refractivity contribution is 0.418. The van der Waals surface area contributed by atoms with Crippen LogP contribution in [0.4, 0.5) is 5.82 Å². The highest BCUT2D eigenvalue weighted by Crippen LogP contribution is 2.36. The predicted molar refractivity (Wildman–Crippen MR) is 76.0 cm³/mol. The number of nitrogens with one attached hydrogen (secondary N) is 1. The average Bonchev–Trinajstić information content (AvgIpc) is 2.47. The SMILES string of the molecule is COc1c(C2=CCNCC2)ccc2ncnc(N)c12. The molecule has 5 nitrogen and oxygen atoms in total. The summed E-state index contributed by atoms with van der Waals surface area (Å²) in [5, 5.41) is 4.10. The summed E-state index contributed by atoms with van der Waals surface area (Å²) in [5.74, 6) is 1.22. The third-order valence-electron chi connectivity index (χ3n) is 3.40. The van der Waals surface area contributed by atoms with Gasteiger partial charge in [-0.15, -0.1) is 0 Å². The lowest BCUT2D eigenvalue weighted by Crippen LogP contribution is -2.20. The second kappa shape index (κ2) is 4.85. The first-order chi connectivity index (χ1) is 9.31. The summed E-state index contributed by atoms with van der Waals surface area (Å²) < 4.78 is 5.57. The van der Waals surface area contributed by atoms with Crippen molar-refractivity contribution in [3.63, 3.8) is 0 Å². The number of benzene rings is 1. The number of nitrogens with zero attached hydrogens (tertiary/aromatic N) is 2. The Hall–Kier alpha value is -2.14. The molecule has 1 aromatic heterocycles. The van der Waals surface area contributed by atoms with E-state index in [1.165, 1.54) is 11.9 Å². The lowest BCUT2D eigenvalue weighted by Gasteiger charge is -2.18. The van der Waals surface area contributed by atoms with Crippen LogP contribution in [0.25, 0.3) is 16.5 Å². The number of hydrogen-bond donors (Lipinski definition) is 2. The quantitative estimate of drug-likeness (QED) is 0.853. The fraction of sp³-hybridized carbons (Fsp3) is 0.286. The van der Waals surface area contributed by atoms with Crippen molar-refractivity contribution in [3.8, 4) is 5.75 Å². The number of hydrogen-bond acceptors (Lipinski definition) is 5. The molecule has 1 aliphatic heterocycles. The van der Waals surface area contributed by atoms with E-state index in [9.17, 15) is 0 Å². The molecule has 0 unspecified atom stereocenters. The van der Waals surface area contributed by atoms with Crippen molar-refractivity contribution < 1.29 is 4.74 Å². The molecule has 0 bridgehead atoms. The van der Waals surface area contributed by atoms with Crippen molar-refractivity contribution in [2.24, 2.45) is 0 Å². The Morgan fingerprint density at radius 3 is 2.95 bits per heavy atom. The molecule has 5 heteroatoms. The highest BCUT2D eigenvalue weighted by Gasteiger charge is 2.16. The van der Waals surface area contributed by atoms with Crippen LogP contribution in [0.5, 0.6) is 5.75 Å². The molecule has 0 radical (unpaired) electrons. The van der Waals surface area contributed by atoms with Crippen LogP contribution >= 0.6 is 0 Å². The number of ether oxygens (including phenoxy) is 1. The first kappa shape index (κ1) is 11.9. The molecule has 2 heterocycles. The smallest absolute Gasteiger partial charge is 0.139 e. The molecular weight excluding hydrogens is 240 g/mol. The van der Waals surface area contributed by atoms with Gasteiger partial charge in [-0.2, -0.15) is 0 Å². The number of methoxy groups -OCH3 is 1. The average molecular weight is 256 g/mol. The highest BCUT2D eigenvalue weighted by molar-refractivity contribution is 5.97. The van der Waals surface area contributed by atoms with Gasteiger partial charge in [-0.25, -0.2) is 9.97 Å². The van der Waals surface area contributed by atoms with Gasteiger partial charge in [0.05, 0.1) is 18.0 Å². The van der Waals surface area contributed by atoms with Crippen LogP contribution in [-0.2, 0) is 0 Å². The van der Waals surface area contributed by atoms with E-state index in [1.54, 1.807) is 7.11 Å². The second-order valence-corrected chi connectivity index (χ2v) is 4.48. The normalized spacial score (nSPS) is 15.3. The topological polar surface area (TPSA) is 73.1 Å². The molecule has 0 atom stereocenters. The summed E-state index contributed by atoms with van der Waals surface area (Å²) >= 11 is 0. The Morgan fingerprint density at radius 2 is 2.21 bits per heavy atom. The fourth-order valence-corrected chi connectivity index (χ4v) is 2.48. The maximum Gasteiger partial charge on any atom is 0.139 e. The molecule has 1 aliphatic rings. The fourth-order valence-electron chi connectivity index (χ4n) is 2.48. The van der Waals surface area contributed by atoms with Gasteiger partial charge in [-0.05, 0) is 30.7 Å². The zero-order valence-corrected chi connectivity index (χ0v) is 10.8.